The lowest BCUT2D eigenvalue weighted by Gasteiger charge is -2.09. The van der Waals surface area contributed by atoms with Gasteiger partial charge in [-0.2, -0.15) is 0 Å². The molecule has 0 aliphatic heterocycles. The van der Waals surface area contributed by atoms with Crippen LogP contribution in [0.1, 0.15) is 48.4 Å². The van der Waals surface area contributed by atoms with Crippen LogP contribution in [0.25, 0.3) is 0 Å². The number of carbonyl (C=O) groups is 2. The Morgan fingerprint density at radius 2 is 1.00 bits per heavy atom. The lowest BCUT2D eigenvalue weighted by atomic mass is 10.1. The normalized spacial score (nSPS) is 9.67. The highest BCUT2D eigenvalue weighted by Gasteiger charge is 2.01. The van der Waals surface area contributed by atoms with Gasteiger partial charge in [-0.25, -0.2) is 0 Å². The molecule has 138 valence electrons. The van der Waals surface area contributed by atoms with Crippen molar-refractivity contribution in [2.45, 2.75) is 27.7 Å². The molecule has 0 aliphatic rings. The average molecular weight is 340 g/mol. The van der Waals surface area contributed by atoms with Crippen LogP contribution in [0.4, 0.5) is 0 Å². The second kappa shape index (κ2) is 14.7. The van der Waals surface area contributed by atoms with Crippen molar-refractivity contribution in [3.8, 4) is 0 Å². The first-order chi connectivity index (χ1) is 11.2. The fourth-order valence-corrected chi connectivity index (χ4v) is 1.34. The number of hydrogen-bond acceptors (Lipinski definition) is 4. The summed E-state index contributed by atoms with van der Waals surface area (Å²) in [5.41, 5.74) is -0.727. The van der Waals surface area contributed by atoms with Crippen molar-refractivity contribution in [2.75, 3.05) is 40.3 Å². The number of aromatic carboxylic acids is 2. The third-order valence-corrected chi connectivity index (χ3v) is 3.78. The van der Waals surface area contributed by atoms with Crippen LogP contribution in [-0.4, -0.2) is 52.2 Å². The van der Waals surface area contributed by atoms with Crippen LogP contribution >= 0.6 is 0 Å². The van der Waals surface area contributed by atoms with Crippen LogP contribution < -0.4 is 20.0 Å². The minimum absolute atomic E-state index is 0.363. The van der Waals surface area contributed by atoms with Crippen molar-refractivity contribution in [3.63, 3.8) is 0 Å². The molecule has 0 fully saturated rings. The molecule has 0 saturated carbocycles. The van der Waals surface area contributed by atoms with Gasteiger partial charge in [0.1, 0.15) is 0 Å². The lowest BCUT2D eigenvalue weighted by molar-refractivity contribution is -0.875. The molecule has 0 amide bonds. The summed E-state index contributed by atoms with van der Waals surface area (Å²) in [5, 5.41) is 20.6. The van der Waals surface area contributed by atoms with E-state index in [-0.39, 0.29) is 11.1 Å². The van der Waals surface area contributed by atoms with Gasteiger partial charge in [0.2, 0.25) is 0 Å². The monoisotopic (exact) mass is 340 g/mol. The minimum atomic E-state index is -1.52. The van der Waals surface area contributed by atoms with E-state index in [2.05, 4.69) is 41.8 Å². The summed E-state index contributed by atoms with van der Waals surface area (Å²) in [4.78, 5) is 23.8. The molecular weight excluding hydrogens is 308 g/mol. The minimum Gasteiger partial charge on any atom is -0.545 e. The van der Waals surface area contributed by atoms with Gasteiger partial charge in [0.25, 0.3) is 0 Å². The van der Waals surface area contributed by atoms with Crippen molar-refractivity contribution in [3.05, 3.63) is 35.4 Å². The number of benzene rings is 1. The summed E-state index contributed by atoms with van der Waals surface area (Å²) in [5.74, 6) is -3.04. The number of carboxylic acids is 2. The molecule has 0 radical (unpaired) electrons. The van der Waals surface area contributed by atoms with Crippen molar-refractivity contribution < 1.29 is 29.6 Å². The third-order valence-electron chi connectivity index (χ3n) is 3.78. The van der Waals surface area contributed by atoms with Gasteiger partial charge in [-0.15, -0.1) is 0 Å². The van der Waals surface area contributed by atoms with Gasteiger partial charge >= 0.3 is 0 Å². The maximum atomic E-state index is 10.3. The third kappa shape index (κ3) is 11.6. The lowest BCUT2D eigenvalue weighted by Crippen LogP contribution is -3.08. The highest BCUT2D eigenvalue weighted by Crippen LogP contribution is 2.05. The van der Waals surface area contributed by atoms with Crippen LogP contribution in [-0.2, 0) is 0 Å². The number of rotatable bonds is 6. The van der Waals surface area contributed by atoms with Crippen molar-refractivity contribution >= 4 is 11.9 Å². The zero-order chi connectivity index (χ0) is 19.1. The molecule has 1 rings (SSSR count). The van der Waals surface area contributed by atoms with Crippen LogP contribution in [0.3, 0.4) is 0 Å². The number of hydrogen-bond donors (Lipinski definition) is 2. The predicted molar refractivity (Wildman–Crippen MR) is 91.0 cm³/mol. The molecule has 24 heavy (non-hydrogen) atoms. The molecule has 0 spiro atoms. The standard InChI is InChI=1S/C8H6O4.2C5H13N/c9-7(10)5-3-1-2-4-6(5)8(11)12;2*1-4-6(3)5-2/h1-4H,(H,9,10)(H,11,12);2*4-5H2,1-3H3. The summed E-state index contributed by atoms with van der Waals surface area (Å²) >= 11 is 0. The smallest absolute Gasteiger partial charge is 0.0740 e. The fraction of sp³-hybridized carbons (Fsp3) is 0.556. The van der Waals surface area contributed by atoms with Gasteiger partial charge in [0, 0.05) is 11.1 Å². The summed E-state index contributed by atoms with van der Waals surface area (Å²) in [6.07, 6.45) is 0. The first-order valence-electron chi connectivity index (χ1n) is 8.39. The van der Waals surface area contributed by atoms with E-state index in [1.165, 1.54) is 38.3 Å². The maximum Gasteiger partial charge on any atom is 0.0740 e. The summed E-state index contributed by atoms with van der Waals surface area (Å²) in [6.45, 7) is 13.8. The second-order valence-corrected chi connectivity index (χ2v) is 5.45. The highest BCUT2D eigenvalue weighted by molar-refractivity contribution is 5.99. The molecule has 1 aromatic rings. The molecule has 0 bridgehead atoms. The van der Waals surface area contributed by atoms with Crippen LogP contribution in [0.5, 0.6) is 0 Å². The Hall–Kier alpha value is -1.92. The molecule has 0 aromatic heterocycles. The van der Waals surface area contributed by atoms with E-state index in [0.29, 0.717) is 0 Å². The van der Waals surface area contributed by atoms with E-state index >= 15 is 0 Å². The van der Waals surface area contributed by atoms with E-state index in [1.807, 2.05) is 0 Å². The number of quaternary nitrogens is 2. The van der Waals surface area contributed by atoms with Crippen LogP contribution in [0.15, 0.2) is 24.3 Å². The van der Waals surface area contributed by atoms with Gasteiger partial charge in [-0.3, -0.25) is 0 Å². The number of carbonyl (C=O) groups excluding carboxylic acids is 2. The van der Waals surface area contributed by atoms with Crippen molar-refractivity contribution in [1.29, 1.82) is 0 Å². The van der Waals surface area contributed by atoms with Gasteiger partial charge < -0.3 is 29.6 Å². The number of nitrogens with one attached hydrogen (secondary N) is 2. The Balaban J connectivity index is 0. The van der Waals surface area contributed by atoms with E-state index < -0.39 is 11.9 Å². The quantitative estimate of drug-likeness (QED) is 0.599. The fourth-order valence-electron chi connectivity index (χ4n) is 1.34. The molecule has 0 atom stereocenters. The average Bonchev–Trinajstić information content (AvgIpc) is 2.61. The van der Waals surface area contributed by atoms with Gasteiger partial charge in [-0.1, -0.05) is 24.3 Å². The number of carboxylic acid groups (broad SMARTS) is 2. The van der Waals surface area contributed by atoms with E-state index in [1.54, 1.807) is 9.80 Å². The zero-order valence-corrected chi connectivity index (χ0v) is 15.8. The largest absolute Gasteiger partial charge is 0.545 e. The Morgan fingerprint density at radius 1 is 0.750 bits per heavy atom. The Kier molecular flexibility index (Phi) is 14.9. The molecular formula is C18H32N2O4. The molecule has 2 N–H and O–H groups in total. The van der Waals surface area contributed by atoms with Crippen molar-refractivity contribution in [2.24, 2.45) is 0 Å². The van der Waals surface area contributed by atoms with Crippen LogP contribution in [0.2, 0.25) is 0 Å². The molecule has 6 nitrogen and oxygen atoms in total. The second-order valence-electron chi connectivity index (χ2n) is 5.45. The van der Waals surface area contributed by atoms with E-state index in [4.69, 9.17) is 0 Å². The Labute approximate surface area is 145 Å². The summed E-state index contributed by atoms with van der Waals surface area (Å²) < 4.78 is 0. The van der Waals surface area contributed by atoms with Gasteiger partial charge in [0.15, 0.2) is 0 Å². The van der Waals surface area contributed by atoms with Gasteiger partial charge in [-0.05, 0) is 27.7 Å². The van der Waals surface area contributed by atoms with Crippen molar-refractivity contribution in [1.82, 2.24) is 0 Å². The Morgan fingerprint density at radius 3 is 1.12 bits per heavy atom. The molecule has 0 saturated heterocycles. The molecule has 0 aliphatic carbocycles. The molecule has 0 unspecified atom stereocenters. The summed E-state index contributed by atoms with van der Waals surface area (Å²) in [7, 11) is 4.39. The molecule has 1 aromatic carbocycles. The SMILES string of the molecule is CC[NH+](C)CC.CC[NH+](C)CC.O=C([O-])c1ccccc1C(=O)[O-]. The van der Waals surface area contributed by atoms with Gasteiger partial charge in [0.05, 0.1) is 52.2 Å². The summed E-state index contributed by atoms with van der Waals surface area (Å²) in [6, 6.07) is 5.14. The van der Waals surface area contributed by atoms with E-state index in [0.717, 1.165) is 12.1 Å². The molecule has 6 heteroatoms. The van der Waals surface area contributed by atoms with E-state index in [9.17, 15) is 19.8 Å². The maximum absolute atomic E-state index is 10.3. The Bertz CT molecular complexity index is 427. The first kappa shape index (κ1) is 24.3. The van der Waals surface area contributed by atoms with Crippen LogP contribution in [0, 0.1) is 0 Å². The predicted octanol–water partition coefficient (Wildman–Crippen LogP) is -2.50. The topological polar surface area (TPSA) is 89.1 Å². The first-order valence-corrected chi connectivity index (χ1v) is 8.39. The molecule has 0 heterocycles. The zero-order valence-electron chi connectivity index (χ0n) is 15.8. The highest BCUT2D eigenvalue weighted by atomic mass is 16.4.